The van der Waals surface area contributed by atoms with Gasteiger partial charge in [0.25, 0.3) is 0 Å². The minimum Gasteiger partial charge on any atom is -0.504 e. The quantitative estimate of drug-likeness (QED) is 0.684. The number of benzene rings is 1. The van der Waals surface area contributed by atoms with Gasteiger partial charge in [0.2, 0.25) is 0 Å². The second kappa shape index (κ2) is 3.87. The lowest BCUT2D eigenvalue weighted by molar-refractivity contribution is 0.0648. The number of aromatic carboxylic acids is 2. The van der Waals surface area contributed by atoms with E-state index in [2.05, 4.69) is 4.74 Å². The Bertz CT molecular complexity index is 423. The van der Waals surface area contributed by atoms with E-state index in [4.69, 9.17) is 10.2 Å². The van der Waals surface area contributed by atoms with Gasteiger partial charge in [-0.15, -0.1) is 0 Å². The molecule has 0 aliphatic heterocycles. The van der Waals surface area contributed by atoms with E-state index in [-0.39, 0.29) is 5.75 Å². The van der Waals surface area contributed by atoms with Gasteiger partial charge >= 0.3 is 11.9 Å². The van der Waals surface area contributed by atoms with Crippen LogP contribution in [0.4, 0.5) is 0 Å². The molecule has 0 amide bonds. The summed E-state index contributed by atoms with van der Waals surface area (Å²) in [6, 6.07) is 2.25. The summed E-state index contributed by atoms with van der Waals surface area (Å²) in [5, 5.41) is 26.8. The van der Waals surface area contributed by atoms with Crippen molar-refractivity contribution >= 4 is 11.9 Å². The molecule has 3 N–H and O–H groups in total. The third-order valence-electron chi connectivity index (χ3n) is 1.81. The molecular formula is C9H8O6. The van der Waals surface area contributed by atoms with E-state index >= 15 is 0 Å². The number of phenols is 1. The van der Waals surface area contributed by atoms with E-state index in [1.807, 2.05) is 0 Å². The molecule has 0 saturated carbocycles. The first-order chi connectivity index (χ1) is 6.99. The van der Waals surface area contributed by atoms with Gasteiger partial charge in [0.05, 0.1) is 12.7 Å². The van der Waals surface area contributed by atoms with Gasteiger partial charge in [0.15, 0.2) is 11.5 Å². The van der Waals surface area contributed by atoms with Crippen LogP contribution in [0.2, 0.25) is 0 Å². The Morgan fingerprint density at radius 2 is 1.80 bits per heavy atom. The molecule has 0 fully saturated rings. The van der Waals surface area contributed by atoms with Gasteiger partial charge in [-0.1, -0.05) is 0 Å². The molecule has 1 aromatic carbocycles. The van der Waals surface area contributed by atoms with Gasteiger partial charge in [0.1, 0.15) is 5.56 Å². The number of methoxy groups -OCH3 is 1. The summed E-state index contributed by atoms with van der Waals surface area (Å²) in [5.41, 5.74) is -1.16. The fourth-order valence-corrected chi connectivity index (χ4v) is 1.13. The monoisotopic (exact) mass is 212 g/mol. The van der Waals surface area contributed by atoms with Gasteiger partial charge in [-0.05, 0) is 12.1 Å². The van der Waals surface area contributed by atoms with Crippen molar-refractivity contribution < 1.29 is 29.6 Å². The normalized spacial score (nSPS) is 9.67. The van der Waals surface area contributed by atoms with Crippen LogP contribution in [0.3, 0.4) is 0 Å². The zero-order valence-corrected chi connectivity index (χ0v) is 7.72. The molecule has 1 rings (SSSR count). The van der Waals surface area contributed by atoms with Crippen molar-refractivity contribution in [3.8, 4) is 11.5 Å². The number of carboxylic acid groups (broad SMARTS) is 2. The molecule has 0 atom stereocenters. The highest BCUT2D eigenvalue weighted by Crippen LogP contribution is 2.32. The van der Waals surface area contributed by atoms with Crippen molar-refractivity contribution in [3.05, 3.63) is 23.3 Å². The van der Waals surface area contributed by atoms with Gasteiger partial charge < -0.3 is 20.1 Å². The maximum absolute atomic E-state index is 10.7. The maximum Gasteiger partial charge on any atom is 0.340 e. The lowest BCUT2D eigenvalue weighted by Crippen LogP contribution is -2.08. The predicted octanol–water partition coefficient (Wildman–Crippen LogP) is 0.797. The number of aromatic hydroxyl groups is 1. The fourth-order valence-electron chi connectivity index (χ4n) is 1.13. The Morgan fingerprint density at radius 1 is 1.20 bits per heavy atom. The van der Waals surface area contributed by atoms with Crippen LogP contribution < -0.4 is 4.74 Å². The smallest absolute Gasteiger partial charge is 0.340 e. The van der Waals surface area contributed by atoms with Crippen LogP contribution in [0, 0.1) is 0 Å². The molecule has 0 radical (unpaired) electrons. The van der Waals surface area contributed by atoms with E-state index < -0.39 is 28.8 Å². The highest BCUT2D eigenvalue weighted by Gasteiger charge is 2.23. The number of hydrogen-bond donors (Lipinski definition) is 3. The van der Waals surface area contributed by atoms with Crippen LogP contribution in [0.1, 0.15) is 20.7 Å². The Labute approximate surface area is 84.3 Å². The van der Waals surface area contributed by atoms with Crippen molar-refractivity contribution in [3.63, 3.8) is 0 Å². The molecule has 0 aliphatic rings. The summed E-state index contributed by atoms with van der Waals surface area (Å²) in [6.45, 7) is 0. The van der Waals surface area contributed by atoms with Crippen molar-refractivity contribution in [2.75, 3.05) is 7.11 Å². The van der Waals surface area contributed by atoms with Crippen LogP contribution in [0.5, 0.6) is 11.5 Å². The highest BCUT2D eigenvalue weighted by atomic mass is 16.5. The van der Waals surface area contributed by atoms with E-state index in [9.17, 15) is 14.7 Å². The zero-order valence-electron chi connectivity index (χ0n) is 7.72. The highest BCUT2D eigenvalue weighted by molar-refractivity contribution is 6.04. The average Bonchev–Trinajstić information content (AvgIpc) is 2.16. The molecule has 0 saturated heterocycles. The summed E-state index contributed by atoms with van der Waals surface area (Å²) >= 11 is 0. The summed E-state index contributed by atoms with van der Waals surface area (Å²) < 4.78 is 4.66. The molecule has 0 heterocycles. The number of carboxylic acids is 2. The zero-order chi connectivity index (χ0) is 11.6. The van der Waals surface area contributed by atoms with E-state index in [1.165, 1.54) is 13.2 Å². The first kappa shape index (κ1) is 10.8. The molecule has 0 bridgehead atoms. The number of ether oxygens (including phenoxy) is 1. The molecule has 80 valence electrons. The van der Waals surface area contributed by atoms with Crippen LogP contribution in [-0.4, -0.2) is 34.4 Å². The van der Waals surface area contributed by atoms with Gasteiger partial charge in [-0.25, -0.2) is 9.59 Å². The first-order valence-electron chi connectivity index (χ1n) is 3.85. The predicted molar refractivity (Wildman–Crippen MR) is 48.6 cm³/mol. The molecule has 6 nitrogen and oxygen atoms in total. The van der Waals surface area contributed by atoms with Crippen molar-refractivity contribution in [2.45, 2.75) is 0 Å². The van der Waals surface area contributed by atoms with E-state index in [0.29, 0.717) is 0 Å². The lowest BCUT2D eigenvalue weighted by atomic mass is 10.1. The molecule has 6 heteroatoms. The Morgan fingerprint density at radius 3 is 2.20 bits per heavy atom. The molecule has 1 aromatic rings. The number of rotatable bonds is 3. The van der Waals surface area contributed by atoms with Gasteiger partial charge in [0, 0.05) is 0 Å². The Hall–Kier alpha value is -2.24. The van der Waals surface area contributed by atoms with Crippen molar-refractivity contribution in [2.24, 2.45) is 0 Å². The topological polar surface area (TPSA) is 104 Å². The third-order valence-corrected chi connectivity index (χ3v) is 1.81. The molecular weight excluding hydrogens is 204 g/mol. The first-order valence-corrected chi connectivity index (χ1v) is 3.85. The van der Waals surface area contributed by atoms with Crippen LogP contribution in [0.15, 0.2) is 12.1 Å². The van der Waals surface area contributed by atoms with E-state index in [1.54, 1.807) is 0 Å². The third kappa shape index (κ3) is 1.83. The van der Waals surface area contributed by atoms with Crippen LogP contribution in [0.25, 0.3) is 0 Å². The van der Waals surface area contributed by atoms with Crippen molar-refractivity contribution in [1.29, 1.82) is 0 Å². The minimum atomic E-state index is -1.52. The van der Waals surface area contributed by atoms with Gasteiger partial charge in [-0.2, -0.15) is 0 Å². The molecule has 0 aliphatic carbocycles. The lowest BCUT2D eigenvalue weighted by Gasteiger charge is -2.08. The number of hydrogen-bond acceptors (Lipinski definition) is 4. The minimum absolute atomic E-state index is 0.0857. The standard InChI is InChI=1S/C9H8O6/c1-15-5-3-2-4(8(11)12)6(7(5)10)9(13)14/h2-3,10H,1H3,(H,11,12)(H,13,14). The number of carbonyl (C=O) groups is 2. The Balaban J connectivity index is 3.51. The molecule has 0 spiro atoms. The van der Waals surface area contributed by atoms with E-state index in [0.717, 1.165) is 6.07 Å². The second-order valence-electron chi connectivity index (χ2n) is 2.65. The molecule has 0 aromatic heterocycles. The molecule has 15 heavy (non-hydrogen) atoms. The van der Waals surface area contributed by atoms with Crippen LogP contribution in [-0.2, 0) is 0 Å². The Kier molecular flexibility index (Phi) is 2.80. The summed E-state index contributed by atoms with van der Waals surface area (Å²) in [5.74, 6) is -3.73. The van der Waals surface area contributed by atoms with Crippen LogP contribution >= 0.6 is 0 Å². The van der Waals surface area contributed by atoms with Crippen molar-refractivity contribution in [1.82, 2.24) is 0 Å². The largest absolute Gasteiger partial charge is 0.504 e. The average molecular weight is 212 g/mol. The van der Waals surface area contributed by atoms with Gasteiger partial charge in [-0.3, -0.25) is 0 Å². The SMILES string of the molecule is COc1ccc(C(=O)O)c(C(=O)O)c1O. The summed E-state index contributed by atoms with van der Waals surface area (Å²) in [6.07, 6.45) is 0. The fraction of sp³-hybridized carbons (Fsp3) is 0.111. The summed E-state index contributed by atoms with van der Waals surface area (Å²) in [7, 11) is 1.24. The second-order valence-corrected chi connectivity index (χ2v) is 2.65. The molecule has 0 unspecified atom stereocenters. The maximum atomic E-state index is 10.7. The summed E-state index contributed by atoms with van der Waals surface area (Å²) in [4.78, 5) is 21.4.